The topological polar surface area (TPSA) is 179 Å². The highest BCUT2D eigenvalue weighted by Gasteiger charge is 2.67. The zero-order valence-electron chi connectivity index (χ0n) is 32.3. The van der Waals surface area contributed by atoms with Crippen LogP contribution in [-0.4, -0.2) is 71.2 Å². The van der Waals surface area contributed by atoms with Gasteiger partial charge in [-0.05, 0) is 55.2 Å². The molecule has 14 nitrogen and oxygen atoms in total. The largest absolute Gasteiger partial charge is 0.445 e. The first-order valence-corrected chi connectivity index (χ1v) is 24.8. The van der Waals surface area contributed by atoms with E-state index < -0.39 is 68.1 Å². The van der Waals surface area contributed by atoms with Crippen molar-refractivity contribution in [2.75, 3.05) is 13.2 Å². The van der Waals surface area contributed by atoms with Gasteiger partial charge in [-0.3, -0.25) is 13.9 Å². The normalized spacial score (nSPS) is 23.5. The Labute approximate surface area is 309 Å². The minimum Gasteiger partial charge on any atom is -0.445 e. The monoisotopic (exact) mass is 780 g/mol. The molecule has 1 spiro atoms. The number of alkyl carbamates (subject to hydrolysis) is 1. The molecule has 4 rings (SSSR count). The Morgan fingerprint density at radius 3 is 2.19 bits per heavy atom. The number of carbonyl (C=O) groups excluding carboxylic acids is 1. The van der Waals surface area contributed by atoms with E-state index in [1.807, 2.05) is 64.2 Å². The van der Waals surface area contributed by atoms with Gasteiger partial charge in [0, 0.05) is 24.8 Å². The third-order valence-corrected chi connectivity index (χ3v) is 20.8. The molecule has 1 fully saturated rings. The van der Waals surface area contributed by atoms with Gasteiger partial charge in [-0.25, -0.2) is 13.8 Å². The predicted octanol–water partition coefficient (Wildman–Crippen LogP) is 4.84. The van der Waals surface area contributed by atoms with Crippen LogP contribution in [0, 0.1) is 6.92 Å². The summed E-state index contributed by atoms with van der Waals surface area (Å²) in [5, 5.41) is 2.99. The van der Waals surface area contributed by atoms with Crippen molar-refractivity contribution in [2.24, 2.45) is 5.73 Å². The maximum atomic E-state index is 14.3. The van der Waals surface area contributed by atoms with Gasteiger partial charge in [-0.15, -0.1) is 0 Å². The molecular weight excluding hydrogens is 725 g/mol. The van der Waals surface area contributed by atoms with Crippen molar-refractivity contribution in [1.82, 2.24) is 14.5 Å². The van der Waals surface area contributed by atoms with Crippen LogP contribution < -0.4 is 22.3 Å². The first-order chi connectivity index (χ1) is 23.8. The third kappa shape index (κ3) is 8.66. The molecule has 1 saturated heterocycles. The number of ether oxygens (including phenoxy) is 2. The summed E-state index contributed by atoms with van der Waals surface area (Å²) in [5.41, 5.74) is 4.46. The number of nitrogens with two attached hydrogens (primary N) is 1. The number of aryl methyl sites for hydroxylation is 1. The Morgan fingerprint density at radius 2 is 1.63 bits per heavy atom. The molecule has 1 aromatic heterocycles. The van der Waals surface area contributed by atoms with Crippen LogP contribution in [0.4, 0.5) is 4.79 Å². The molecular formula is C35H56N4O10SSi2. The van der Waals surface area contributed by atoms with E-state index in [1.54, 1.807) is 6.92 Å². The van der Waals surface area contributed by atoms with Crippen molar-refractivity contribution in [2.45, 2.75) is 128 Å². The van der Waals surface area contributed by atoms with E-state index in [0.29, 0.717) is 0 Å². The lowest BCUT2D eigenvalue weighted by Crippen LogP contribution is -2.59. The number of rotatable bonds is 12. The van der Waals surface area contributed by atoms with Crippen molar-refractivity contribution in [3.05, 3.63) is 79.6 Å². The molecule has 0 aliphatic carbocycles. The zero-order chi connectivity index (χ0) is 39.1. The highest BCUT2D eigenvalue weighted by molar-refractivity contribution is 7.90. The standard InChI is InChI=1S/C35H56N4O10SSi2/c1-24-20-39(32(42)38(29(24)40)19-15-18-37-31(41)45-21-25-16-13-12-14-17-25)30-28(48-52(10,11)34(5,6)7)35(26(36)23-50(43,44)49-35)27(47-30)22-46-51(8,9)33(2,3)4/h12-14,16-17,20,23,27-28,30H,15,18-19,21-22,36H2,1-11H3,(H,37,41)/t27-,28+,30-,35?/m1/s1. The highest BCUT2D eigenvalue weighted by atomic mass is 32.2. The molecule has 3 heterocycles. The lowest BCUT2D eigenvalue weighted by molar-refractivity contribution is -0.0567. The van der Waals surface area contributed by atoms with Crippen LogP contribution in [0.2, 0.25) is 36.3 Å². The summed E-state index contributed by atoms with van der Waals surface area (Å²) in [6.07, 6.45) is -2.59. The molecule has 17 heteroatoms. The molecule has 2 aliphatic rings. The van der Waals surface area contributed by atoms with E-state index >= 15 is 0 Å². The lowest BCUT2D eigenvalue weighted by atomic mass is 9.89. The van der Waals surface area contributed by atoms with Crippen LogP contribution in [0.15, 0.2) is 57.2 Å². The summed E-state index contributed by atoms with van der Waals surface area (Å²) < 4.78 is 59.9. The Balaban J connectivity index is 1.71. The number of nitrogens with zero attached hydrogens (tertiary/aromatic N) is 2. The minimum atomic E-state index is -4.27. The van der Waals surface area contributed by atoms with Crippen molar-refractivity contribution in [3.63, 3.8) is 0 Å². The van der Waals surface area contributed by atoms with Gasteiger partial charge in [0.25, 0.3) is 15.7 Å². The second-order valence-corrected chi connectivity index (χ2v) is 27.6. The number of hydrogen-bond donors (Lipinski definition) is 2. The van der Waals surface area contributed by atoms with Gasteiger partial charge in [0.2, 0.25) is 0 Å². The maximum Gasteiger partial charge on any atom is 0.407 e. The molecule has 2 aliphatic heterocycles. The number of aromatic nitrogens is 2. The summed E-state index contributed by atoms with van der Waals surface area (Å²) in [4.78, 5) is 39.9. The summed E-state index contributed by atoms with van der Waals surface area (Å²) >= 11 is 0. The first kappa shape index (κ1) is 41.7. The summed E-state index contributed by atoms with van der Waals surface area (Å²) in [6.45, 7) is 22.1. The fourth-order valence-electron chi connectivity index (χ4n) is 5.55. The molecule has 0 radical (unpaired) electrons. The number of benzene rings is 1. The van der Waals surface area contributed by atoms with Gasteiger partial charge in [0.05, 0.1) is 17.7 Å². The van der Waals surface area contributed by atoms with Crippen molar-refractivity contribution >= 4 is 32.8 Å². The van der Waals surface area contributed by atoms with E-state index in [4.69, 9.17) is 28.2 Å². The number of carbonyl (C=O) groups is 1. The molecule has 1 unspecified atom stereocenters. The van der Waals surface area contributed by atoms with Crippen LogP contribution in [0.5, 0.6) is 0 Å². The summed E-state index contributed by atoms with van der Waals surface area (Å²) in [5.74, 6) is 0. The van der Waals surface area contributed by atoms with Crippen LogP contribution >= 0.6 is 0 Å². The smallest absolute Gasteiger partial charge is 0.407 e. The van der Waals surface area contributed by atoms with Crippen LogP contribution in [-0.2, 0) is 45.8 Å². The van der Waals surface area contributed by atoms with Crippen LogP contribution in [0.3, 0.4) is 0 Å². The molecule has 4 atom stereocenters. The Bertz CT molecular complexity index is 1880. The van der Waals surface area contributed by atoms with Gasteiger partial charge in [-0.1, -0.05) is 71.9 Å². The van der Waals surface area contributed by atoms with Crippen LogP contribution in [0.25, 0.3) is 0 Å². The number of amides is 1. The molecule has 0 saturated carbocycles. The number of nitrogens with one attached hydrogen (secondary N) is 1. The number of hydrogen-bond acceptors (Lipinski definition) is 11. The second kappa shape index (κ2) is 15.0. The average Bonchev–Trinajstić information content (AvgIpc) is 3.45. The summed E-state index contributed by atoms with van der Waals surface area (Å²) in [7, 11) is -9.44. The van der Waals surface area contributed by atoms with E-state index in [1.165, 1.54) is 10.8 Å². The van der Waals surface area contributed by atoms with Gasteiger partial charge >= 0.3 is 11.8 Å². The Morgan fingerprint density at radius 1 is 1.02 bits per heavy atom. The molecule has 2 aromatic rings. The first-order valence-electron chi connectivity index (χ1n) is 17.5. The Hall–Kier alpha value is -3.07. The van der Waals surface area contributed by atoms with Gasteiger partial charge in [-0.2, -0.15) is 8.42 Å². The molecule has 1 aromatic carbocycles. The van der Waals surface area contributed by atoms with Gasteiger partial charge in [0.15, 0.2) is 28.5 Å². The van der Waals surface area contributed by atoms with E-state index in [2.05, 4.69) is 39.2 Å². The Kier molecular flexibility index (Phi) is 12.0. The van der Waals surface area contributed by atoms with Crippen LogP contribution in [0.1, 0.15) is 65.3 Å². The zero-order valence-corrected chi connectivity index (χ0v) is 35.1. The SMILES string of the molecule is Cc1cn([C@@H]2O[C@H](CO[Si](C)(C)C(C)(C)C)C3(OS(=O)(=O)C=C3N)[C@H]2O[Si](C)(C)C(C)(C)C)c(=O)n(CCCNC(=O)OCc2ccccc2)c1=O. The average molecular weight is 781 g/mol. The highest BCUT2D eigenvalue weighted by Crippen LogP contribution is 2.52. The maximum absolute atomic E-state index is 14.3. The second-order valence-electron chi connectivity index (χ2n) is 16.6. The molecule has 52 heavy (non-hydrogen) atoms. The van der Waals surface area contributed by atoms with Gasteiger partial charge < -0.3 is 29.4 Å². The molecule has 1 amide bonds. The van der Waals surface area contributed by atoms with Gasteiger partial charge in [0.1, 0.15) is 18.8 Å². The summed E-state index contributed by atoms with van der Waals surface area (Å²) in [6, 6.07) is 9.24. The fraction of sp³-hybridized carbons (Fsp3) is 0.629. The lowest BCUT2D eigenvalue weighted by Gasteiger charge is -2.43. The predicted molar refractivity (Wildman–Crippen MR) is 203 cm³/mol. The molecule has 3 N–H and O–H groups in total. The van der Waals surface area contributed by atoms with Crippen molar-refractivity contribution in [3.8, 4) is 0 Å². The molecule has 290 valence electrons. The van der Waals surface area contributed by atoms with E-state index in [-0.39, 0.29) is 54.1 Å². The fourth-order valence-corrected chi connectivity index (χ4v) is 9.06. The minimum absolute atomic E-state index is 0.0330. The van der Waals surface area contributed by atoms with Crippen molar-refractivity contribution < 1.29 is 35.7 Å². The van der Waals surface area contributed by atoms with E-state index in [9.17, 15) is 22.8 Å². The quantitative estimate of drug-likeness (QED) is 0.171. The third-order valence-electron chi connectivity index (χ3n) is 10.8. The van der Waals surface area contributed by atoms with Crippen molar-refractivity contribution in [1.29, 1.82) is 0 Å². The van der Waals surface area contributed by atoms with E-state index in [0.717, 1.165) is 15.5 Å². The molecule has 0 bridgehead atoms.